The molecular weight excluding hydrogens is 250 g/mol. The Morgan fingerprint density at radius 2 is 2.00 bits per heavy atom. The van der Waals surface area contributed by atoms with Gasteiger partial charge in [-0.2, -0.15) is 0 Å². The number of hydrogen-bond donors (Lipinski definition) is 0. The van der Waals surface area contributed by atoms with Gasteiger partial charge in [0.1, 0.15) is 0 Å². The summed E-state index contributed by atoms with van der Waals surface area (Å²) >= 11 is 3.27. The van der Waals surface area contributed by atoms with Gasteiger partial charge in [-0.25, -0.2) is 8.78 Å². The summed E-state index contributed by atoms with van der Waals surface area (Å²) in [6.07, 6.45) is 2.07. The molecule has 0 nitrogen and oxygen atoms in total. The van der Waals surface area contributed by atoms with E-state index < -0.39 is 6.43 Å². The standard InChI is InChI=1S/C11H11BrF2/c12-8-4-3-6-9-5-1-2-7-10(9)11(13)14/h1-3,5-7,11H,4,8H2. The molecule has 0 aliphatic heterocycles. The van der Waals surface area contributed by atoms with Gasteiger partial charge in [0, 0.05) is 10.9 Å². The number of allylic oxidation sites excluding steroid dienone is 1. The molecule has 0 aliphatic rings. The number of benzene rings is 1. The molecule has 0 saturated carbocycles. The summed E-state index contributed by atoms with van der Waals surface area (Å²) in [6, 6.07) is 6.55. The maximum Gasteiger partial charge on any atom is 0.264 e. The second-order valence-electron chi connectivity index (χ2n) is 2.81. The fourth-order valence-electron chi connectivity index (χ4n) is 1.13. The second-order valence-corrected chi connectivity index (χ2v) is 3.60. The molecule has 3 heteroatoms. The van der Waals surface area contributed by atoms with Crippen molar-refractivity contribution in [3.05, 3.63) is 41.5 Å². The first-order valence-corrected chi connectivity index (χ1v) is 5.47. The predicted octanol–water partition coefficient (Wildman–Crippen LogP) is 4.42. The van der Waals surface area contributed by atoms with Crippen LogP contribution in [0.3, 0.4) is 0 Å². The third kappa shape index (κ3) is 3.22. The Hall–Kier alpha value is -0.700. The van der Waals surface area contributed by atoms with Crippen LogP contribution in [-0.2, 0) is 0 Å². The number of hydrogen-bond acceptors (Lipinski definition) is 0. The fraction of sp³-hybridized carbons (Fsp3) is 0.273. The van der Waals surface area contributed by atoms with E-state index in [4.69, 9.17) is 0 Å². The molecule has 0 amide bonds. The van der Waals surface area contributed by atoms with E-state index >= 15 is 0 Å². The normalized spacial score (nSPS) is 11.4. The van der Waals surface area contributed by atoms with E-state index in [0.29, 0.717) is 5.56 Å². The molecule has 14 heavy (non-hydrogen) atoms. The maximum absolute atomic E-state index is 12.5. The summed E-state index contributed by atoms with van der Waals surface area (Å²) in [4.78, 5) is 0. The third-order valence-electron chi connectivity index (χ3n) is 1.80. The minimum atomic E-state index is -2.40. The van der Waals surface area contributed by atoms with Crippen molar-refractivity contribution in [3.63, 3.8) is 0 Å². The van der Waals surface area contributed by atoms with E-state index in [0.717, 1.165) is 11.8 Å². The molecule has 0 unspecified atom stereocenters. The van der Waals surface area contributed by atoms with Crippen LogP contribution in [0, 0.1) is 0 Å². The van der Waals surface area contributed by atoms with Gasteiger partial charge < -0.3 is 0 Å². The molecule has 1 aromatic carbocycles. The molecule has 76 valence electrons. The van der Waals surface area contributed by atoms with Crippen molar-refractivity contribution in [1.82, 2.24) is 0 Å². The number of halogens is 3. The lowest BCUT2D eigenvalue weighted by molar-refractivity contribution is 0.151. The van der Waals surface area contributed by atoms with Gasteiger partial charge in [-0.3, -0.25) is 0 Å². The number of rotatable bonds is 4. The lowest BCUT2D eigenvalue weighted by atomic mass is 10.1. The van der Waals surface area contributed by atoms with Gasteiger partial charge in [0.2, 0.25) is 0 Å². The largest absolute Gasteiger partial charge is 0.264 e. The van der Waals surface area contributed by atoms with Crippen molar-refractivity contribution in [1.29, 1.82) is 0 Å². The van der Waals surface area contributed by atoms with Crippen LogP contribution in [0.2, 0.25) is 0 Å². The van der Waals surface area contributed by atoms with Crippen molar-refractivity contribution >= 4 is 22.0 Å². The van der Waals surface area contributed by atoms with Gasteiger partial charge in [0.05, 0.1) is 0 Å². The molecule has 1 aromatic rings. The highest BCUT2D eigenvalue weighted by Gasteiger charge is 2.09. The van der Waals surface area contributed by atoms with E-state index in [-0.39, 0.29) is 5.56 Å². The smallest absolute Gasteiger partial charge is 0.205 e. The van der Waals surface area contributed by atoms with Gasteiger partial charge in [-0.15, -0.1) is 0 Å². The topological polar surface area (TPSA) is 0 Å². The van der Waals surface area contributed by atoms with Gasteiger partial charge >= 0.3 is 0 Å². The summed E-state index contributed by atoms with van der Waals surface area (Å²) in [5.41, 5.74) is 0.696. The highest BCUT2D eigenvalue weighted by Crippen LogP contribution is 2.23. The third-order valence-corrected chi connectivity index (χ3v) is 2.26. The van der Waals surface area contributed by atoms with Crippen molar-refractivity contribution in [2.45, 2.75) is 12.8 Å². The van der Waals surface area contributed by atoms with E-state index in [2.05, 4.69) is 15.9 Å². The zero-order chi connectivity index (χ0) is 10.4. The summed E-state index contributed by atoms with van der Waals surface area (Å²) in [7, 11) is 0. The number of alkyl halides is 3. The molecular formula is C11H11BrF2. The molecule has 0 spiro atoms. The molecule has 0 aliphatic carbocycles. The average molecular weight is 261 g/mol. The van der Waals surface area contributed by atoms with Gasteiger partial charge in [0.15, 0.2) is 0 Å². The van der Waals surface area contributed by atoms with Crippen LogP contribution in [0.25, 0.3) is 6.08 Å². The Kier molecular flexibility index (Phi) is 4.80. The Balaban J connectivity index is 2.84. The first-order chi connectivity index (χ1) is 6.75. The van der Waals surface area contributed by atoms with Crippen LogP contribution in [0.4, 0.5) is 8.78 Å². The summed E-state index contributed by atoms with van der Waals surface area (Å²) in [5, 5.41) is 0.848. The Morgan fingerprint density at radius 1 is 1.29 bits per heavy atom. The first-order valence-electron chi connectivity index (χ1n) is 4.35. The Morgan fingerprint density at radius 3 is 2.64 bits per heavy atom. The molecule has 0 radical (unpaired) electrons. The minimum Gasteiger partial charge on any atom is -0.205 e. The van der Waals surface area contributed by atoms with Gasteiger partial charge in [-0.1, -0.05) is 52.3 Å². The van der Waals surface area contributed by atoms with E-state index in [1.807, 2.05) is 6.08 Å². The summed E-state index contributed by atoms with van der Waals surface area (Å²) in [5.74, 6) is 0. The zero-order valence-electron chi connectivity index (χ0n) is 7.59. The first kappa shape index (κ1) is 11.4. The van der Waals surface area contributed by atoms with Crippen LogP contribution in [-0.4, -0.2) is 5.33 Å². The van der Waals surface area contributed by atoms with Crippen molar-refractivity contribution in [3.8, 4) is 0 Å². The van der Waals surface area contributed by atoms with E-state index in [1.165, 1.54) is 6.07 Å². The van der Waals surface area contributed by atoms with Crippen LogP contribution >= 0.6 is 15.9 Å². The van der Waals surface area contributed by atoms with E-state index in [9.17, 15) is 8.78 Å². The van der Waals surface area contributed by atoms with Crippen LogP contribution in [0.5, 0.6) is 0 Å². The van der Waals surface area contributed by atoms with E-state index in [1.54, 1.807) is 24.3 Å². The lowest BCUT2D eigenvalue weighted by Crippen LogP contribution is -1.87. The molecule has 0 fully saturated rings. The van der Waals surface area contributed by atoms with Crippen LogP contribution in [0.15, 0.2) is 30.3 Å². The SMILES string of the molecule is FC(F)c1ccccc1C=CCCBr. The van der Waals surface area contributed by atoms with Crippen LogP contribution < -0.4 is 0 Å². The van der Waals surface area contributed by atoms with Crippen molar-refractivity contribution in [2.24, 2.45) is 0 Å². The second kappa shape index (κ2) is 5.91. The Bertz CT molecular complexity index is 308. The van der Waals surface area contributed by atoms with Crippen LogP contribution in [0.1, 0.15) is 24.0 Å². The predicted molar refractivity (Wildman–Crippen MR) is 58.8 cm³/mol. The summed E-state index contributed by atoms with van der Waals surface area (Å²) < 4.78 is 25.0. The minimum absolute atomic E-state index is 0.0957. The molecule has 0 atom stereocenters. The van der Waals surface area contributed by atoms with Crippen molar-refractivity contribution in [2.75, 3.05) is 5.33 Å². The molecule has 1 rings (SSSR count). The fourth-order valence-corrected chi connectivity index (χ4v) is 1.40. The monoisotopic (exact) mass is 260 g/mol. The average Bonchev–Trinajstić information content (AvgIpc) is 2.19. The van der Waals surface area contributed by atoms with Gasteiger partial charge in [-0.05, 0) is 12.0 Å². The molecule has 0 heterocycles. The lowest BCUT2D eigenvalue weighted by Gasteiger charge is -2.03. The molecule has 0 N–H and O–H groups in total. The molecule has 0 bridgehead atoms. The maximum atomic E-state index is 12.5. The molecule has 0 saturated heterocycles. The zero-order valence-corrected chi connectivity index (χ0v) is 9.18. The van der Waals surface area contributed by atoms with Crippen molar-refractivity contribution < 1.29 is 8.78 Å². The summed E-state index contributed by atoms with van der Waals surface area (Å²) in [6.45, 7) is 0. The molecule has 0 aromatic heterocycles. The quantitative estimate of drug-likeness (QED) is 0.703. The highest BCUT2D eigenvalue weighted by atomic mass is 79.9. The Labute approximate surface area is 90.8 Å². The van der Waals surface area contributed by atoms with Gasteiger partial charge in [0.25, 0.3) is 6.43 Å². The highest BCUT2D eigenvalue weighted by molar-refractivity contribution is 9.09.